The molecule has 0 aromatic heterocycles. The SMILES string of the molecule is O=C(CCCNC(=O)OCC1c2ccccc2-c2ccccc21)NC(CO)C(=O)O. The summed E-state index contributed by atoms with van der Waals surface area (Å²) in [7, 11) is 0. The molecule has 2 amide bonds. The zero-order valence-corrected chi connectivity index (χ0v) is 16.3. The number of hydrogen-bond donors (Lipinski definition) is 4. The van der Waals surface area contributed by atoms with Crippen LogP contribution in [0.15, 0.2) is 48.5 Å². The molecule has 0 radical (unpaired) electrons. The predicted octanol–water partition coefficient (Wildman–Crippen LogP) is 1.87. The minimum absolute atomic E-state index is 0.0213. The van der Waals surface area contributed by atoms with Crippen LogP contribution in [0.5, 0.6) is 0 Å². The average Bonchev–Trinajstić information content (AvgIpc) is 3.07. The highest BCUT2D eigenvalue weighted by molar-refractivity contribution is 5.83. The van der Waals surface area contributed by atoms with Gasteiger partial charge in [0, 0.05) is 18.9 Å². The maximum absolute atomic E-state index is 12.0. The summed E-state index contributed by atoms with van der Waals surface area (Å²) < 4.78 is 5.40. The third-order valence-electron chi connectivity index (χ3n) is 5.01. The van der Waals surface area contributed by atoms with Gasteiger partial charge in [-0.15, -0.1) is 0 Å². The highest BCUT2D eigenvalue weighted by atomic mass is 16.5. The van der Waals surface area contributed by atoms with Crippen LogP contribution in [0, 0.1) is 0 Å². The van der Waals surface area contributed by atoms with E-state index in [9.17, 15) is 14.4 Å². The fourth-order valence-corrected chi connectivity index (χ4v) is 3.54. The van der Waals surface area contributed by atoms with E-state index >= 15 is 0 Å². The fraction of sp³-hybridized carbons (Fsp3) is 0.318. The Hall–Kier alpha value is -3.39. The van der Waals surface area contributed by atoms with E-state index < -0.39 is 30.6 Å². The van der Waals surface area contributed by atoms with Crippen molar-refractivity contribution in [1.82, 2.24) is 10.6 Å². The first kappa shape index (κ1) is 21.3. The molecule has 1 aliphatic rings. The molecule has 30 heavy (non-hydrogen) atoms. The van der Waals surface area contributed by atoms with E-state index in [1.807, 2.05) is 36.4 Å². The van der Waals surface area contributed by atoms with Gasteiger partial charge in [-0.05, 0) is 28.7 Å². The van der Waals surface area contributed by atoms with E-state index in [1.54, 1.807) is 0 Å². The highest BCUT2D eigenvalue weighted by Gasteiger charge is 2.28. The Morgan fingerprint density at radius 1 is 1.00 bits per heavy atom. The van der Waals surface area contributed by atoms with Crippen LogP contribution in [0.4, 0.5) is 4.79 Å². The molecule has 4 N–H and O–H groups in total. The van der Waals surface area contributed by atoms with E-state index in [0.29, 0.717) is 6.42 Å². The van der Waals surface area contributed by atoms with Crippen LogP contribution in [0.2, 0.25) is 0 Å². The lowest BCUT2D eigenvalue weighted by Gasteiger charge is -2.14. The monoisotopic (exact) mass is 412 g/mol. The number of carboxylic acids is 1. The number of nitrogens with one attached hydrogen (secondary N) is 2. The standard InChI is InChI=1S/C22H24N2O6/c25-12-19(21(27)28)24-20(26)10-5-11-23-22(29)30-13-18-16-8-3-1-6-14(16)15-7-2-4-9-17(15)18/h1-4,6-9,18-19,25H,5,10-13H2,(H,23,29)(H,24,26)(H,27,28). The summed E-state index contributed by atoms with van der Waals surface area (Å²) in [5.41, 5.74) is 4.55. The number of carboxylic acid groups (broad SMARTS) is 1. The number of benzene rings is 2. The van der Waals surface area contributed by atoms with Crippen LogP contribution in [0.1, 0.15) is 29.9 Å². The molecule has 3 rings (SSSR count). The van der Waals surface area contributed by atoms with Gasteiger partial charge in [0.1, 0.15) is 12.6 Å². The van der Waals surface area contributed by atoms with Crippen molar-refractivity contribution in [2.45, 2.75) is 24.8 Å². The second-order valence-electron chi connectivity index (χ2n) is 7.00. The molecule has 0 saturated heterocycles. The Morgan fingerprint density at radius 2 is 1.60 bits per heavy atom. The summed E-state index contributed by atoms with van der Waals surface area (Å²) in [6.45, 7) is -0.267. The number of aliphatic hydroxyl groups excluding tert-OH is 1. The topological polar surface area (TPSA) is 125 Å². The number of rotatable bonds is 9. The summed E-state index contributed by atoms with van der Waals surface area (Å²) >= 11 is 0. The Labute approximate surface area is 173 Å². The number of aliphatic carboxylic acids is 1. The summed E-state index contributed by atoms with van der Waals surface area (Å²) in [4.78, 5) is 34.5. The number of carbonyl (C=O) groups excluding carboxylic acids is 2. The number of alkyl carbamates (subject to hydrolysis) is 1. The molecule has 0 bridgehead atoms. The molecule has 1 atom stereocenters. The summed E-state index contributed by atoms with van der Waals surface area (Å²) in [5, 5.41) is 22.5. The Kier molecular flexibility index (Phi) is 7.03. The van der Waals surface area contributed by atoms with E-state index in [-0.39, 0.29) is 25.5 Å². The molecular formula is C22H24N2O6. The minimum atomic E-state index is -1.33. The number of aliphatic hydroxyl groups is 1. The first-order valence-electron chi connectivity index (χ1n) is 9.73. The van der Waals surface area contributed by atoms with Crippen molar-refractivity contribution in [3.8, 4) is 11.1 Å². The number of carbonyl (C=O) groups is 3. The number of ether oxygens (including phenoxy) is 1. The largest absolute Gasteiger partial charge is 0.480 e. The molecule has 2 aromatic carbocycles. The van der Waals surface area contributed by atoms with Gasteiger partial charge in [-0.2, -0.15) is 0 Å². The predicted molar refractivity (Wildman–Crippen MR) is 109 cm³/mol. The van der Waals surface area contributed by atoms with Crippen molar-refractivity contribution in [3.63, 3.8) is 0 Å². The number of fused-ring (bicyclic) bond motifs is 3. The molecule has 0 fully saturated rings. The van der Waals surface area contributed by atoms with Gasteiger partial charge in [0.2, 0.25) is 5.91 Å². The van der Waals surface area contributed by atoms with E-state index in [2.05, 4.69) is 22.8 Å². The van der Waals surface area contributed by atoms with Crippen LogP contribution in [-0.4, -0.2) is 54.0 Å². The molecule has 8 heteroatoms. The van der Waals surface area contributed by atoms with Crippen LogP contribution in [-0.2, 0) is 14.3 Å². The van der Waals surface area contributed by atoms with Gasteiger partial charge in [-0.1, -0.05) is 48.5 Å². The molecule has 0 aliphatic heterocycles. The number of hydrogen-bond acceptors (Lipinski definition) is 5. The number of amides is 2. The van der Waals surface area contributed by atoms with E-state index in [0.717, 1.165) is 22.3 Å². The summed E-state index contributed by atoms with van der Waals surface area (Å²) in [5.74, 6) is -1.84. The average molecular weight is 412 g/mol. The lowest BCUT2D eigenvalue weighted by atomic mass is 9.98. The lowest BCUT2D eigenvalue weighted by molar-refractivity contribution is -0.142. The first-order valence-corrected chi connectivity index (χ1v) is 9.73. The third-order valence-corrected chi connectivity index (χ3v) is 5.01. The van der Waals surface area contributed by atoms with Crippen molar-refractivity contribution < 1.29 is 29.3 Å². The first-order chi connectivity index (χ1) is 14.5. The van der Waals surface area contributed by atoms with Gasteiger partial charge in [-0.3, -0.25) is 4.79 Å². The minimum Gasteiger partial charge on any atom is -0.480 e. The second-order valence-corrected chi connectivity index (χ2v) is 7.00. The van der Waals surface area contributed by atoms with Crippen LogP contribution < -0.4 is 10.6 Å². The van der Waals surface area contributed by atoms with Crippen molar-refractivity contribution >= 4 is 18.0 Å². The van der Waals surface area contributed by atoms with Crippen molar-refractivity contribution in [3.05, 3.63) is 59.7 Å². The molecule has 1 aliphatic carbocycles. The Morgan fingerprint density at radius 3 is 2.17 bits per heavy atom. The second kappa shape index (κ2) is 9.89. The van der Waals surface area contributed by atoms with Gasteiger partial charge >= 0.3 is 12.1 Å². The molecular weight excluding hydrogens is 388 g/mol. The molecule has 8 nitrogen and oxygen atoms in total. The fourth-order valence-electron chi connectivity index (χ4n) is 3.54. The van der Waals surface area contributed by atoms with Crippen LogP contribution >= 0.6 is 0 Å². The van der Waals surface area contributed by atoms with Gasteiger partial charge in [-0.25, -0.2) is 9.59 Å². The molecule has 0 heterocycles. The zero-order valence-electron chi connectivity index (χ0n) is 16.3. The van der Waals surface area contributed by atoms with Gasteiger partial charge in [0.15, 0.2) is 0 Å². The summed E-state index contributed by atoms with van der Waals surface area (Å²) in [6.07, 6.45) is -0.239. The van der Waals surface area contributed by atoms with Crippen molar-refractivity contribution in [2.24, 2.45) is 0 Å². The molecule has 2 aromatic rings. The van der Waals surface area contributed by atoms with Crippen LogP contribution in [0.3, 0.4) is 0 Å². The highest BCUT2D eigenvalue weighted by Crippen LogP contribution is 2.44. The Bertz CT molecular complexity index is 884. The quantitative estimate of drug-likeness (QED) is 0.466. The maximum Gasteiger partial charge on any atom is 0.407 e. The normalized spacial score (nSPS) is 13.1. The third kappa shape index (κ3) is 4.96. The van der Waals surface area contributed by atoms with Crippen molar-refractivity contribution in [2.75, 3.05) is 19.8 Å². The summed E-state index contributed by atoms with van der Waals surface area (Å²) in [6, 6.07) is 14.8. The van der Waals surface area contributed by atoms with Gasteiger partial charge in [0.05, 0.1) is 6.61 Å². The molecule has 0 spiro atoms. The molecule has 0 saturated carbocycles. The molecule has 158 valence electrons. The van der Waals surface area contributed by atoms with E-state index in [1.165, 1.54) is 0 Å². The smallest absolute Gasteiger partial charge is 0.407 e. The lowest BCUT2D eigenvalue weighted by Crippen LogP contribution is -2.43. The van der Waals surface area contributed by atoms with E-state index in [4.69, 9.17) is 14.9 Å². The zero-order chi connectivity index (χ0) is 21.5. The van der Waals surface area contributed by atoms with Gasteiger partial charge in [0.25, 0.3) is 0 Å². The van der Waals surface area contributed by atoms with Crippen LogP contribution in [0.25, 0.3) is 11.1 Å². The maximum atomic E-state index is 12.0. The Balaban J connectivity index is 1.44. The molecule has 1 unspecified atom stereocenters. The van der Waals surface area contributed by atoms with Crippen molar-refractivity contribution in [1.29, 1.82) is 0 Å². The van der Waals surface area contributed by atoms with Gasteiger partial charge < -0.3 is 25.6 Å².